The van der Waals surface area contributed by atoms with E-state index in [0.717, 1.165) is 31.8 Å². The van der Waals surface area contributed by atoms with E-state index in [-0.39, 0.29) is 11.8 Å². The van der Waals surface area contributed by atoms with Crippen molar-refractivity contribution in [2.75, 3.05) is 26.7 Å². The highest BCUT2D eigenvalue weighted by Crippen LogP contribution is 2.23. The van der Waals surface area contributed by atoms with Crippen molar-refractivity contribution in [1.82, 2.24) is 16.0 Å². The average Bonchev–Trinajstić information content (AvgIpc) is 2.50. The van der Waals surface area contributed by atoms with Crippen LogP contribution in [0.3, 0.4) is 0 Å². The molecular formula is C15H30N4O. The van der Waals surface area contributed by atoms with Gasteiger partial charge in [-0.15, -0.1) is 0 Å². The van der Waals surface area contributed by atoms with Gasteiger partial charge in [-0.25, -0.2) is 0 Å². The Morgan fingerprint density at radius 1 is 1.05 bits per heavy atom. The Balaban J connectivity index is 2.08. The van der Waals surface area contributed by atoms with Gasteiger partial charge in [0.25, 0.3) is 0 Å². The summed E-state index contributed by atoms with van der Waals surface area (Å²) >= 11 is 0. The number of amides is 1. The molecule has 0 saturated heterocycles. The van der Waals surface area contributed by atoms with Crippen molar-refractivity contribution in [3.63, 3.8) is 0 Å². The largest absolute Gasteiger partial charge is 0.356 e. The Morgan fingerprint density at radius 2 is 1.70 bits per heavy atom. The number of unbranched alkanes of at least 4 members (excludes halogenated alkanes) is 1. The molecule has 116 valence electrons. The summed E-state index contributed by atoms with van der Waals surface area (Å²) in [7, 11) is 1.77. The first-order valence-electron chi connectivity index (χ1n) is 8.00. The molecule has 1 fully saturated rings. The number of rotatable bonds is 7. The van der Waals surface area contributed by atoms with Gasteiger partial charge in [0, 0.05) is 32.6 Å². The lowest BCUT2D eigenvalue weighted by molar-refractivity contribution is -0.125. The number of nitrogens with zero attached hydrogens (tertiary/aromatic N) is 1. The van der Waals surface area contributed by atoms with Crippen molar-refractivity contribution in [2.45, 2.75) is 51.9 Å². The summed E-state index contributed by atoms with van der Waals surface area (Å²) in [6.45, 7) is 4.47. The van der Waals surface area contributed by atoms with Crippen LogP contribution >= 0.6 is 0 Å². The first-order chi connectivity index (χ1) is 9.77. The lowest BCUT2D eigenvalue weighted by Crippen LogP contribution is -2.42. The van der Waals surface area contributed by atoms with E-state index < -0.39 is 0 Å². The molecule has 0 radical (unpaired) electrons. The number of hydrogen-bond donors (Lipinski definition) is 3. The Morgan fingerprint density at radius 3 is 2.35 bits per heavy atom. The molecule has 0 atom stereocenters. The lowest BCUT2D eigenvalue weighted by Gasteiger charge is -2.21. The summed E-state index contributed by atoms with van der Waals surface area (Å²) < 4.78 is 0. The molecule has 0 aromatic rings. The first kappa shape index (κ1) is 16.8. The maximum absolute atomic E-state index is 11.9. The lowest BCUT2D eigenvalue weighted by atomic mass is 9.89. The molecule has 3 N–H and O–H groups in total. The summed E-state index contributed by atoms with van der Waals surface area (Å²) in [6.07, 6.45) is 8.10. The molecule has 1 aliphatic rings. The number of guanidine groups is 1. The van der Waals surface area contributed by atoms with Crippen LogP contribution in [-0.2, 0) is 4.79 Å². The van der Waals surface area contributed by atoms with E-state index in [4.69, 9.17) is 0 Å². The van der Waals surface area contributed by atoms with Crippen molar-refractivity contribution in [2.24, 2.45) is 10.9 Å². The van der Waals surface area contributed by atoms with Crippen molar-refractivity contribution in [3.8, 4) is 0 Å². The second-order valence-corrected chi connectivity index (χ2v) is 5.41. The van der Waals surface area contributed by atoms with Gasteiger partial charge in [-0.1, -0.05) is 32.6 Å². The van der Waals surface area contributed by atoms with Crippen LogP contribution < -0.4 is 16.0 Å². The van der Waals surface area contributed by atoms with E-state index in [2.05, 4.69) is 27.9 Å². The van der Waals surface area contributed by atoms with Gasteiger partial charge in [-0.2, -0.15) is 0 Å². The number of aliphatic imine (C=N–C) groups is 1. The maximum Gasteiger partial charge on any atom is 0.223 e. The molecule has 0 aliphatic heterocycles. The predicted molar refractivity (Wildman–Crippen MR) is 83.9 cm³/mol. The topological polar surface area (TPSA) is 65.5 Å². The van der Waals surface area contributed by atoms with Gasteiger partial charge >= 0.3 is 0 Å². The number of carbonyl (C=O) groups excluding carboxylic acids is 1. The second-order valence-electron chi connectivity index (χ2n) is 5.41. The van der Waals surface area contributed by atoms with Crippen LogP contribution in [0, 0.1) is 5.92 Å². The molecule has 0 aromatic carbocycles. The molecule has 20 heavy (non-hydrogen) atoms. The molecule has 0 aromatic heterocycles. The normalized spacial score (nSPS) is 16.8. The minimum absolute atomic E-state index is 0.223. The van der Waals surface area contributed by atoms with Gasteiger partial charge < -0.3 is 16.0 Å². The summed E-state index contributed by atoms with van der Waals surface area (Å²) in [5.74, 6) is 1.27. The van der Waals surface area contributed by atoms with E-state index in [1.165, 1.54) is 25.7 Å². The summed E-state index contributed by atoms with van der Waals surface area (Å²) in [5, 5.41) is 9.47. The Labute approximate surface area is 123 Å². The average molecular weight is 282 g/mol. The van der Waals surface area contributed by atoms with E-state index in [0.29, 0.717) is 13.1 Å². The smallest absolute Gasteiger partial charge is 0.223 e. The molecule has 5 heteroatoms. The maximum atomic E-state index is 11.9. The molecular weight excluding hydrogens is 252 g/mol. The van der Waals surface area contributed by atoms with Crippen LogP contribution in [-0.4, -0.2) is 38.5 Å². The Hall–Kier alpha value is -1.26. The van der Waals surface area contributed by atoms with Crippen LogP contribution in [0.2, 0.25) is 0 Å². The van der Waals surface area contributed by atoms with Gasteiger partial charge in [-0.3, -0.25) is 9.79 Å². The standard InChI is InChI=1S/C15H30N4O/c1-3-4-10-18-15(16-2)19-12-11-17-14(20)13-8-6-5-7-9-13/h13H,3-12H2,1-2H3,(H,17,20)(H2,16,18,19). The quantitative estimate of drug-likeness (QED) is 0.378. The molecule has 0 heterocycles. The minimum Gasteiger partial charge on any atom is -0.356 e. The molecule has 1 aliphatic carbocycles. The Kier molecular flexibility index (Phi) is 8.83. The van der Waals surface area contributed by atoms with Crippen LogP contribution in [0.5, 0.6) is 0 Å². The molecule has 5 nitrogen and oxygen atoms in total. The fourth-order valence-corrected chi connectivity index (χ4v) is 2.48. The number of carbonyl (C=O) groups is 1. The van der Waals surface area contributed by atoms with Gasteiger partial charge in [-0.05, 0) is 19.3 Å². The van der Waals surface area contributed by atoms with Gasteiger partial charge in [0.1, 0.15) is 0 Å². The van der Waals surface area contributed by atoms with Crippen LogP contribution in [0.4, 0.5) is 0 Å². The van der Waals surface area contributed by atoms with E-state index >= 15 is 0 Å². The molecule has 1 rings (SSSR count). The summed E-state index contributed by atoms with van der Waals surface area (Å²) in [4.78, 5) is 16.1. The highest BCUT2D eigenvalue weighted by Gasteiger charge is 2.20. The van der Waals surface area contributed by atoms with Crippen LogP contribution in [0.25, 0.3) is 0 Å². The molecule has 0 bridgehead atoms. The van der Waals surface area contributed by atoms with E-state index in [9.17, 15) is 4.79 Å². The minimum atomic E-state index is 0.223. The fraction of sp³-hybridized carbons (Fsp3) is 0.867. The summed E-state index contributed by atoms with van der Waals surface area (Å²) in [6, 6.07) is 0. The highest BCUT2D eigenvalue weighted by molar-refractivity contribution is 5.80. The molecule has 0 unspecified atom stereocenters. The monoisotopic (exact) mass is 282 g/mol. The zero-order valence-corrected chi connectivity index (χ0v) is 13.0. The van der Waals surface area contributed by atoms with Gasteiger partial charge in [0.15, 0.2) is 5.96 Å². The van der Waals surface area contributed by atoms with Crippen molar-refractivity contribution in [1.29, 1.82) is 0 Å². The van der Waals surface area contributed by atoms with Gasteiger partial charge in [0.2, 0.25) is 5.91 Å². The van der Waals surface area contributed by atoms with Crippen molar-refractivity contribution in [3.05, 3.63) is 0 Å². The first-order valence-corrected chi connectivity index (χ1v) is 8.00. The molecule has 1 saturated carbocycles. The predicted octanol–water partition coefficient (Wildman–Crippen LogP) is 1.65. The van der Waals surface area contributed by atoms with Crippen LogP contribution in [0.15, 0.2) is 4.99 Å². The van der Waals surface area contributed by atoms with Gasteiger partial charge in [0.05, 0.1) is 0 Å². The highest BCUT2D eigenvalue weighted by atomic mass is 16.1. The molecule has 1 amide bonds. The second kappa shape index (κ2) is 10.5. The Bertz CT molecular complexity index is 298. The fourth-order valence-electron chi connectivity index (χ4n) is 2.48. The van der Waals surface area contributed by atoms with E-state index in [1.54, 1.807) is 7.05 Å². The van der Waals surface area contributed by atoms with E-state index in [1.807, 2.05) is 0 Å². The third kappa shape index (κ3) is 6.78. The number of nitrogens with one attached hydrogen (secondary N) is 3. The van der Waals surface area contributed by atoms with Crippen molar-refractivity contribution < 1.29 is 4.79 Å². The third-order valence-corrected chi connectivity index (χ3v) is 3.74. The van der Waals surface area contributed by atoms with Crippen LogP contribution in [0.1, 0.15) is 51.9 Å². The number of hydrogen-bond acceptors (Lipinski definition) is 2. The van der Waals surface area contributed by atoms with Crippen molar-refractivity contribution >= 4 is 11.9 Å². The molecule has 0 spiro atoms. The zero-order valence-electron chi connectivity index (χ0n) is 13.0. The SMILES string of the molecule is CCCCNC(=NC)NCCNC(=O)C1CCCCC1. The summed E-state index contributed by atoms with van der Waals surface area (Å²) in [5.41, 5.74) is 0. The third-order valence-electron chi connectivity index (χ3n) is 3.74. The zero-order chi connectivity index (χ0) is 14.6.